The minimum absolute atomic E-state index is 0.323. The van der Waals surface area contributed by atoms with Gasteiger partial charge in [0.05, 0.1) is 14.2 Å². The predicted molar refractivity (Wildman–Crippen MR) is 107 cm³/mol. The Labute approximate surface area is 163 Å². The van der Waals surface area contributed by atoms with E-state index in [0.29, 0.717) is 24.4 Å². The second-order valence-electron chi connectivity index (χ2n) is 7.81. The van der Waals surface area contributed by atoms with E-state index in [-0.39, 0.29) is 0 Å². The zero-order valence-corrected chi connectivity index (χ0v) is 17.3. The number of piperidine rings is 1. The highest BCUT2D eigenvalue weighted by molar-refractivity contribution is 5.76. The minimum atomic E-state index is 0.323. The van der Waals surface area contributed by atoms with Gasteiger partial charge in [-0.3, -0.25) is 9.69 Å². The largest absolute Gasteiger partial charge is 0.493 e. The molecule has 0 aromatic heterocycles. The van der Waals surface area contributed by atoms with Crippen LogP contribution in [0.1, 0.15) is 63.1 Å². The van der Waals surface area contributed by atoms with Crippen LogP contribution in [0.25, 0.3) is 0 Å². The van der Waals surface area contributed by atoms with Crippen LogP contribution in [-0.2, 0) is 11.2 Å². The number of fused-ring (bicyclic) bond motifs is 1. The molecule has 2 heterocycles. The number of hydrogen-bond acceptors (Lipinski definition) is 4. The van der Waals surface area contributed by atoms with E-state index in [4.69, 9.17) is 9.47 Å². The third kappa shape index (κ3) is 4.23. The number of hydrogen-bond donors (Lipinski definition) is 0. The number of carbonyl (C=O) groups is 1. The molecule has 0 bridgehead atoms. The van der Waals surface area contributed by atoms with Crippen molar-refractivity contribution >= 4 is 5.91 Å². The Morgan fingerprint density at radius 3 is 2.63 bits per heavy atom. The Morgan fingerprint density at radius 1 is 1.19 bits per heavy atom. The molecule has 0 radical (unpaired) electrons. The van der Waals surface area contributed by atoms with Gasteiger partial charge in [-0.25, -0.2) is 0 Å². The summed E-state index contributed by atoms with van der Waals surface area (Å²) in [7, 11) is 3.38. The molecule has 0 unspecified atom stereocenters. The summed E-state index contributed by atoms with van der Waals surface area (Å²) in [6.07, 6.45) is 6.05. The lowest BCUT2D eigenvalue weighted by Crippen LogP contribution is -2.52. The molecule has 0 aliphatic carbocycles. The topological polar surface area (TPSA) is 42.0 Å². The lowest BCUT2D eigenvalue weighted by molar-refractivity contribution is -0.133. The average molecular weight is 375 g/mol. The Bertz CT molecular complexity index is 661. The number of ether oxygens (including phenoxy) is 2. The van der Waals surface area contributed by atoms with Crippen molar-refractivity contribution in [2.75, 3.05) is 33.9 Å². The van der Waals surface area contributed by atoms with Crippen molar-refractivity contribution in [2.24, 2.45) is 0 Å². The summed E-state index contributed by atoms with van der Waals surface area (Å²) >= 11 is 0. The fourth-order valence-electron chi connectivity index (χ4n) is 4.60. The van der Waals surface area contributed by atoms with E-state index in [9.17, 15) is 4.79 Å². The van der Waals surface area contributed by atoms with Crippen LogP contribution in [0, 0.1) is 0 Å². The summed E-state index contributed by atoms with van der Waals surface area (Å²) in [5.74, 6) is 1.94. The highest BCUT2D eigenvalue weighted by Crippen LogP contribution is 2.39. The first-order valence-corrected chi connectivity index (χ1v) is 10.4. The normalized spacial score (nSPS) is 23.0. The molecule has 1 amide bonds. The molecule has 150 valence electrons. The van der Waals surface area contributed by atoms with E-state index in [1.807, 2.05) is 0 Å². The summed E-state index contributed by atoms with van der Waals surface area (Å²) < 4.78 is 11.0. The standard InChI is InChI=1S/C22H34N2O3/c1-5-6-9-22(25)23-11-7-8-18(15-23)24-12-10-17-13-20(26-3)21(27-4)14-19(17)16(24)2/h13-14,16,18H,5-12,15H2,1-4H3/t16-,18+/m1/s1. The van der Waals surface area contributed by atoms with Crippen molar-refractivity contribution in [3.8, 4) is 11.5 Å². The van der Waals surface area contributed by atoms with Gasteiger partial charge in [0.15, 0.2) is 11.5 Å². The summed E-state index contributed by atoms with van der Waals surface area (Å²) in [5, 5.41) is 0. The number of likely N-dealkylation sites (tertiary alicyclic amines) is 1. The van der Waals surface area contributed by atoms with Crippen LogP contribution >= 0.6 is 0 Å². The Morgan fingerprint density at radius 2 is 1.93 bits per heavy atom. The van der Waals surface area contributed by atoms with Crippen molar-refractivity contribution in [2.45, 2.75) is 64.5 Å². The lowest BCUT2D eigenvalue weighted by atomic mass is 9.90. The summed E-state index contributed by atoms with van der Waals surface area (Å²) in [5.41, 5.74) is 2.68. The van der Waals surface area contributed by atoms with Gasteiger partial charge in [0, 0.05) is 38.1 Å². The molecule has 1 aromatic rings. The van der Waals surface area contributed by atoms with Gasteiger partial charge in [-0.1, -0.05) is 13.3 Å². The molecular weight excluding hydrogens is 340 g/mol. The van der Waals surface area contributed by atoms with Crippen LogP contribution in [-0.4, -0.2) is 55.6 Å². The summed E-state index contributed by atoms with van der Waals surface area (Å²) in [6.45, 7) is 7.24. The predicted octanol–water partition coefficient (Wildman–Crippen LogP) is 3.80. The second-order valence-corrected chi connectivity index (χ2v) is 7.81. The number of unbranched alkanes of at least 4 members (excludes halogenated alkanes) is 1. The lowest BCUT2D eigenvalue weighted by Gasteiger charge is -2.45. The number of amides is 1. The molecule has 5 nitrogen and oxygen atoms in total. The van der Waals surface area contributed by atoms with Crippen molar-refractivity contribution in [1.29, 1.82) is 0 Å². The highest BCUT2D eigenvalue weighted by atomic mass is 16.5. The molecule has 5 heteroatoms. The van der Waals surface area contributed by atoms with Gasteiger partial charge in [0.1, 0.15) is 0 Å². The third-order valence-electron chi connectivity index (χ3n) is 6.19. The van der Waals surface area contributed by atoms with E-state index < -0.39 is 0 Å². The second kappa shape index (κ2) is 8.96. The number of rotatable bonds is 6. The highest BCUT2D eigenvalue weighted by Gasteiger charge is 2.34. The zero-order valence-electron chi connectivity index (χ0n) is 17.3. The number of carbonyl (C=O) groups excluding carboxylic acids is 1. The molecule has 2 atom stereocenters. The average Bonchev–Trinajstić information content (AvgIpc) is 2.71. The molecule has 3 rings (SSSR count). The number of benzene rings is 1. The molecular formula is C22H34N2O3. The van der Waals surface area contributed by atoms with Gasteiger partial charge in [0.2, 0.25) is 5.91 Å². The maximum Gasteiger partial charge on any atom is 0.222 e. The van der Waals surface area contributed by atoms with Crippen molar-refractivity contribution in [3.05, 3.63) is 23.3 Å². The maximum absolute atomic E-state index is 12.5. The molecule has 0 saturated carbocycles. The molecule has 0 spiro atoms. The summed E-state index contributed by atoms with van der Waals surface area (Å²) in [6, 6.07) is 5.03. The van der Waals surface area contributed by atoms with Crippen LogP contribution in [0.3, 0.4) is 0 Å². The molecule has 1 aromatic carbocycles. The van der Waals surface area contributed by atoms with Gasteiger partial charge in [-0.2, -0.15) is 0 Å². The number of methoxy groups -OCH3 is 2. The fourth-order valence-corrected chi connectivity index (χ4v) is 4.60. The Kier molecular flexibility index (Phi) is 6.64. The van der Waals surface area contributed by atoms with Crippen molar-refractivity contribution < 1.29 is 14.3 Å². The van der Waals surface area contributed by atoms with Crippen LogP contribution in [0.2, 0.25) is 0 Å². The Hall–Kier alpha value is -1.75. The number of nitrogens with zero attached hydrogens (tertiary/aromatic N) is 2. The van der Waals surface area contributed by atoms with Gasteiger partial charge in [-0.05, 0) is 55.9 Å². The van der Waals surface area contributed by atoms with E-state index in [1.54, 1.807) is 14.2 Å². The van der Waals surface area contributed by atoms with Crippen LogP contribution < -0.4 is 9.47 Å². The monoisotopic (exact) mass is 374 g/mol. The minimum Gasteiger partial charge on any atom is -0.493 e. The molecule has 2 aliphatic rings. The quantitative estimate of drug-likeness (QED) is 0.759. The molecule has 2 aliphatic heterocycles. The fraction of sp³-hybridized carbons (Fsp3) is 0.682. The van der Waals surface area contributed by atoms with E-state index in [0.717, 1.165) is 56.8 Å². The molecule has 0 N–H and O–H groups in total. The SMILES string of the molecule is CCCCC(=O)N1CCC[C@H](N2CCc3cc(OC)c(OC)cc3[C@H]2C)C1. The first-order valence-electron chi connectivity index (χ1n) is 10.4. The van der Waals surface area contributed by atoms with E-state index >= 15 is 0 Å². The van der Waals surface area contributed by atoms with Crippen molar-refractivity contribution in [1.82, 2.24) is 9.80 Å². The van der Waals surface area contributed by atoms with E-state index in [1.165, 1.54) is 17.5 Å². The maximum atomic E-state index is 12.5. The zero-order chi connectivity index (χ0) is 19.4. The van der Waals surface area contributed by atoms with Crippen LogP contribution in [0.15, 0.2) is 12.1 Å². The van der Waals surface area contributed by atoms with Crippen LogP contribution in [0.5, 0.6) is 11.5 Å². The summed E-state index contributed by atoms with van der Waals surface area (Å²) in [4.78, 5) is 17.2. The van der Waals surface area contributed by atoms with E-state index in [2.05, 4.69) is 35.8 Å². The molecule has 1 saturated heterocycles. The third-order valence-corrected chi connectivity index (χ3v) is 6.19. The van der Waals surface area contributed by atoms with Gasteiger partial charge < -0.3 is 14.4 Å². The van der Waals surface area contributed by atoms with Gasteiger partial charge in [-0.15, -0.1) is 0 Å². The van der Waals surface area contributed by atoms with Crippen LogP contribution in [0.4, 0.5) is 0 Å². The van der Waals surface area contributed by atoms with Gasteiger partial charge >= 0.3 is 0 Å². The van der Waals surface area contributed by atoms with Crippen molar-refractivity contribution in [3.63, 3.8) is 0 Å². The van der Waals surface area contributed by atoms with Gasteiger partial charge in [0.25, 0.3) is 0 Å². The molecule has 27 heavy (non-hydrogen) atoms. The smallest absolute Gasteiger partial charge is 0.222 e. The first-order chi connectivity index (χ1) is 13.1. The first kappa shape index (κ1) is 20.0. The Balaban J connectivity index is 1.74. The molecule has 1 fully saturated rings.